The van der Waals surface area contributed by atoms with Crippen molar-refractivity contribution in [2.75, 3.05) is 25.5 Å². The third-order valence-electron chi connectivity index (χ3n) is 5.81. The number of hydrogen-bond donors (Lipinski definition) is 1. The molecule has 34 heavy (non-hydrogen) atoms. The number of thiazole rings is 3. The van der Waals surface area contributed by atoms with E-state index in [-0.39, 0.29) is 17.7 Å². The van der Waals surface area contributed by atoms with Crippen molar-refractivity contribution < 1.29 is 14.3 Å². The lowest BCUT2D eigenvalue weighted by Gasteiger charge is -2.30. The summed E-state index contributed by atoms with van der Waals surface area (Å²) >= 11 is 4.35. The van der Waals surface area contributed by atoms with E-state index in [0.717, 1.165) is 43.6 Å². The lowest BCUT2D eigenvalue weighted by molar-refractivity contribution is 0.0717. The van der Waals surface area contributed by atoms with Crippen molar-refractivity contribution in [2.45, 2.75) is 32.6 Å². The van der Waals surface area contributed by atoms with Gasteiger partial charge < -0.3 is 9.64 Å². The maximum absolute atomic E-state index is 12.9. The number of rotatable bonds is 5. The van der Waals surface area contributed by atoms with Gasteiger partial charge in [0.25, 0.3) is 11.8 Å². The molecule has 0 radical (unpaired) electrons. The van der Waals surface area contributed by atoms with Crippen LogP contribution in [0.25, 0.3) is 10.2 Å². The molecule has 3 aromatic heterocycles. The van der Waals surface area contributed by atoms with Gasteiger partial charge in [0.15, 0.2) is 5.13 Å². The molecule has 176 valence electrons. The first-order chi connectivity index (χ1) is 16.4. The van der Waals surface area contributed by atoms with Crippen molar-refractivity contribution in [3.8, 4) is 5.75 Å². The number of para-hydroxylation sites is 1. The van der Waals surface area contributed by atoms with Crippen LogP contribution in [0.1, 0.15) is 54.6 Å². The molecule has 8 nitrogen and oxygen atoms in total. The fourth-order valence-corrected chi connectivity index (χ4v) is 6.82. The van der Waals surface area contributed by atoms with E-state index in [0.29, 0.717) is 29.7 Å². The first kappa shape index (κ1) is 22.9. The van der Waals surface area contributed by atoms with Crippen LogP contribution in [-0.4, -0.2) is 51.9 Å². The van der Waals surface area contributed by atoms with Gasteiger partial charge in [-0.1, -0.05) is 17.4 Å². The Morgan fingerprint density at radius 1 is 1.12 bits per heavy atom. The smallest absolute Gasteiger partial charge is 0.276 e. The molecule has 1 aliphatic heterocycles. The Hall–Kier alpha value is -2.89. The van der Waals surface area contributed by atoms with Gasteiger partial charge in [0.1, 0.15) is 21.8 Å². The number of nitrogens with zero attached hydrogens (tertiary/aromatic N) is 4. The molecule has 1 fully saturated rings. The number of likely N-dealkylation sites (tertiary alicyclic amines) is 1. The topological polar surface area (TPSA) is 97.3 Å². The summed E-state index contributed by atoms with van der Waals surface area (Å²) in [5, 5.41) is 7.02. The lowest BCUT2D eigenvalue weighted by atomic mass is 9.97. The Labute approximate surface area is 208 Å². The van der Waals surface area contributed by atoms with Gasteiger partial charge in [-0.05, 0) is 38.8 Å². The second kappa shape index (κ2) is 9.40. The molecule has 0 aliphatic carbocycles. The predicted molar refractivity (Wildman–Crippen MR) is 136 cm³/mol. The van der Waals surface area contributed by atoms with Crippen molar-refractivity contribution in [1.82, 2.24) is 19.9 Å². The summed E-state index contributed by atoms with van der Waals surface area (Å²) in [5.41, 5.74) is 1.92. The molecule has 5 rings (SSSR count). The fourth-order valence-electron chi connectivity index (χ4n) is 4.08. The van der Waals surface area contributed by atoms with Crippen molar-refractivity contribution in [3.05, 3.63) is 49.9 Å². The van der Waals surface area contributed by atoms with Crippen LogP contribution in [0.3, 0.4) is 0 Å². The SMILES string of the molecule is COc1cccc2sc(NC(=O)c3csc(C4CCN(C(=O)c5sc(C)nc5C)CC4)n3)nc12. The molecule has 1 saturated heterocycles. The number of anilines is 1. The number of hydrogen-bond acceptors (Lipinski definition) is 9. The summed E-state index contributed by atoms with van der Waals surface area (Å²) in [6, 6.07) is 5.69. The molecule has 0 spiro atoms. The highest BCUT2D eigenvalue weighted by molar-refractivity contribution is 7.22. The zero-order valence-electron chi connectivity index (χ0n) is 19.0. The molecule has 1 N–H and O–H groups in total. The Kier molecular flexibility index (Phi) is 6.32. The number of carbonyl (C=O) groups excluding carboxylic acids is 2. The molecule has 0 bridgehead atoms. The largest absolute Gasteiger partial charge is 0.494 e. The van der Waals surface area contributed by atoms with Gasteiger partial charge in [0.05, 0.1) is 27.5 Å². The molecule has 11 heteroatoms. The fraction of sp³-hybridized carbons (Fsp3) is 0.348. The number of aromatic nitrogens is 3. The van der Waals surface area contributed by atoms with Crippen molar-refractivity contribution in [3.63, 3.8) is 0 Å². The van der Waals surface area contributed by atoms with Gasteiger partial charge in [0, 0.05) is 24.4 Å². The number of fused-ring (bicyclic) bond motifs is 1. The van der Waals surface area contributed by atoms with Crippen LogP contribution in [0.4, 0.5) is 5.13 Å². The minimum Gasteiger partial charge on any atom is -0.494 e. The van der Waals surface area contributed by atoms with Gasteiger partial charge in [-0.15, -0.1) is 22.7 Å². The van der Waals surface area contributed by atoms with Gasteiger partial charge in [-0.25, -0.2) is 15.0 Å². The van der Waals surface area contributed by atoms with Crippen LogP contribution in [0.5, 0.6) is 5.75 Å². The molecule has 0 atom stereocenters. The van der Waals surface area contributed by atoms with Crippen LogP contribution < -0.4 is 10.1 Å². The highest BCUT2D eigenvalue weighted by Gasteiger charge is 2.28. The number of nitrogens with one attached hydrogen (secondary N) is 1. The maximum atomic E-state index is 12.9. The second-order valence-electron chi connectivity index (χ2n) is 8.07. The molecule has 1 aromatic carbocycles. The lowest BCUT2D eigenvalue weighted by Crippen LogP contribution is -2.37. The molecule has 4 heterocycles. The quantitative estimate of drug-likeness (QED) is 0.398. The number of ether oxygens (including phenoxy) is 1. The zero-order chi connectivity index (χ0) is 23.8. The van der Waals surface area contributed by atoms with E-state index in [4.69, 9.17) is 4.74 Å². The number of carbonyl (C=O) groups is 2. The normalized spacial score (nSPS) is 14.5. The number of amides is 2. The zero-order valence-corrected chi connectivity index (χ0v) is 21.4. The van der Waals surface area contributed by atoms with Crippen LogP contribution >= 0.6 is 34.0 Å². The highest BCUT2D eigenvalue weighted by Crippen LogP contribution is 2.34. The highest BCUT2D eigenvalue weighted by atomic mass is 32.1. The summed E-state index contributed by atoms with van der Waals surface area (Å²) in [4.78, 5) is 41.8. The Morgan fingerprint density at radius 2 is 1.91 bits per heavy atom. The average molecular weight is 514 g/mol. The van der Waals surface area contributed by atoms with E-state index in [2.05, 4.69) is 20.3 Å². The Bertz CT molecular complexity index is 1370. The van der Waals surface area contributed by atoms with Gasteiger partial charge in [-0.3, -0.25) is 14.9 Å². The molecular formula is C23H23N5O3S3. The average Bonchev–Trinajstić information content (AvgIpc) is 3.56. The molecular weight excluding hydrogens is 490 g/mol. The first-order valence-electron chi connectivity index (χ1n) is 10.9. The standard InChI is InChI=1S/C23H23N5O3S3/c1-12-19(33-13(2)24-12)22(30)28-9-7-14(8-10-28)21-25-15(11-32-21)20(29)27-23-26-18-16(31-3)5-4-6-17(18)34-23/h4-6,11,14H,7-10H2,1-3H3,(H,26,27,29). The van der Waals surface area contributed by atoms with E-state index >= 15 is 0 Å². The van der Waals surface area contributed by atoms with Gasteiger partial charge in [0.2, 0.25) is 0 Å². The summed E-state index contributed by atoms with van der Waals surface area (Å²) in [6.07, 6.45) is 1.66. The minimum absolute atomic E-state index is 0.0632. The number of benzene rings is 1. The van der Waals surface area contributed by atoms with E-state index in [9.17, 15) is 9.59 Å². The summed E-state index contributed by atoms with van der Waals surface area (Å²) in [7, 11) is 1.60. The monoisotopic (exact) mass is 513 g/mol. The molecule has 1 aliphatic rings. The number of piperidine rings is 1. The number of aryl methyl sites for hydroxylation is 2. The van der Waals surface area contributed by atoms with Crippen molar-refractivity contribution in [1.29, 1.82) is 0 Å². The van der Waals surface area contributed by atoms with Crippen LogP contribution in [0.2, 0.25) is 0 Å². The van der Waals surface area contributed by atoms with Crippen LogP contribution in [-0.2, 0) is 0 Å². The van der Waals surface area contributed by atoms with Gasteiger partial charge in [-0.2, -0.15) is 0 Å². The maximum Gasteiger partial charge on any atom is 0.276 e. The minimum atomic E-state index is -0.274. The van der Waals surface area contributed by atoms with Gasteiger partial charge >= 0.3 is 0 Å². The Balaban J connectivity index is 1.22. The van der Waals surface area contributed by atoms with Crippen molar-refractivity contribution >= 4 is 61.2 Å². The molecule has 0 unspecified atom stereocenters. The van der Waals surface area contributed by atoms with E-state index in [1.54, 1.807) is 12.5 Å². The third-order valence-corrected chi connectivity index (χ3v) is 8.81. The molecule has 0 saturated carbocycles. The Morgan fingerprint density at radius 3 is 2.62 bits per heavy atom. The first-order valence-corrected chi connectivity index (χ1v) is 13.4. The molecule has 4 aromatic rings. The second-order valence-corrected chi connectivity index (χ2v) is 11.2. The third kappa shape index (κ3) is 4.42. The van der Waals surface area contributed by atoms with E-state index in [1.807, 2.05) is 36.9 Å². The number of methoxy groups -OCH3 is 1. The summed E-state index contributed by atoms with van der Waals surface area (Å²) in [5.74, 6) is 0.708. The molecule has 2 amide bonds. The van der Waals surface area contributed by atoms with Crippen LogP contribution in [0, 0.1) is 13.8 Å². The van der Waals surface area contributed by atoms with Crippen LogP contribution in [0.15, 0.2) is 23.6 Å². The van der Waals surface area contributed by atoms with E-state index < -0.39 is 0 Å². The summed E-state index contributed by atoms with van der Waals surface area (Å²) in [6.45, 7) is 5.16. The van der Waals surface area contributed by atoms with E-state index in [1.165, 1.54) is 34.0 Å². The van der Waals surface area contributed by atoms with Crippen molar-refractivity contribution in [2.24, 2.45) is 0 Å². The summed E-state index contributed by atoms with van der Waals surface area (Å²) < 4.78 is 6.29. The predicted octanol–water partition coefficient (Wildman–Crippen LogP) is 5.11.